The Hall–Kier alpha value is -0.410. The van der Waals surface area contributed by atoms with Crippen LogP contribution >= 0.6 is 0 Å². The van der Waals surface area contributed by atoms with Gasteiger partial charge in [-0.3, -0.25) is 9.69 Å². The van der Waals surface area contributed by atoms with Crippen molar-refractivity contribution in [2.24, 2.45) is 5.92 Å². The molecule has 0 aliphatic heterocycles. The standard InChI is InChI=1S/C15H27NO2/c1-16(12-15(18)9-5-6-10-15)11-14(17)13-7-3-2-4-8-13/h13,18H,2-12H2,1H3. The fourth-order valence-electron chi connectivity index (χ4n) is 3.57. The van der Waals surface area contributed by atoms with Gasteiger partial charge in [0.05, 0.1) is 12.1 Å². The summed E-state index contributed by atoms with van der Waals surface area (Å²) in [7, 11) is 1.97. The normalized spacial score (nSPS) is 24.6. The van der Waals surface area contributed by atoms with Gasteiger partial charge in [-0.2, -0.15) is 0 Å². The molecule has 2 fully saturated rings. The molecule has 0 saturated heterocycles. The summed E-state index contributed by atoms with van der Waals surface area (Å²) >= 11 is 0. The molecular weight excluding hydrogens is 226 g/mol. The molecule has 0 amide bonds. The van der Waals surface area contributed by atoms with E-state index in [1.807, 2.05) is 11.9 Å². The number of ketones is 1. The maximum absolute atomic E-state index is 12.2. The summed E-state index contributed by atoms with van der Waals surface area (Å²) in [5.74, 6) is 0.679. The Bertz CT molecular complexity index is 278. The highest BCUT2D eigenvalue weighted by Gasteiger charge is 2.33. The lowest BCUT2D eigenvalue weighted by molar-refractivity contribution is -0.125. The van der Waals surface area contributed by atoms with Crippen molar-refractivity contribution >= 4 is 5.78 Å². The highest BCUT2D eigenvalue weighted by Crippen LogP contribution is 2.30. The number of nitrogens with zero attached hydrogens (tertiary/aromatic N) is 1. The predicted molar refractivity (Wildman–Crippen MR) is 72.5 cm³/mol. The number of likely N-dealkylation sites (N-methyl/N-ethyl adjacent to an activating group) is 1. The molecule has 0 heterocycles. The smallest absolute Gasteiger partial charge is 0.149 e. The lowest BCUT2D eigenvalue weighted by atomic mass is 9.86. The Kier molecular flexibility index (Phi) is 4.79. The molecular formula is C15H27NO2. The zero-order valence-electron chi connectivity index (χ0n) is 11.7. The molecule has 0 radical (unpaired) electrons. The van der Waals surface area contributed by atoms with Crippen LogP contribution in [0.25, 0.3) is 0 Å². The number of aliphatic hydroxyl groups is 1. The van der Waals surface area contributed by atoms with Crippen LogP contribution in [0.1, 0.15) is 57.8 Å². The van der Waals surface area contributed by atoms with E-state index in [1.54, 1.807) is 0 Å². The number of carbonyl (C=O) groups is 1. The zero-order valence-corrected chi connectivity index (χ0v) is 11.7. The van der Waals surface area contributed by atoms with Crippen molar-refractivity contribution in [1.29, 1.82) is 0 Å². The molecule has 3 nitrogen and oxygen atoms in total. The lowest BCUT2D eigenvalue weighted by Gasteiger charge is -2.29. The SMILES string of the molecule is CN(CC(=O)C1CCCCC1)CC1(O)CCCC1. The van der Waals surface area contributed by atoms with E-state index in [0.29, 0.717) is 24.8 Å². The van der Waals surface area contributed by atoms with Gasteiger partial charge < -0.3 is 5.11 Å². The maximum atomic E-state index is 12.2. The summed E-state index contributed by atoms with van der Waals surface area (Å²) in [5.41, 5.74) is -0.526. The largest absolute Gasteiger partial charge is 0.389 e. The van der Waals surface area contributed by atoms with Gasteiger partial charge in [-0.1, -0.05) is 32.1 Å². The first kappa shape index (κ1) is 14.0. The summed E-state index contributed by atoms with van der Waals surface area (Å²) < 4.78 is 0. The number of carbonyl (C=O) groups excluding carboxylic acids is 1. The molecule has 0 aromatic rings. The van der Waals surface area contributed by atoms with Gasteiger partial charge in [0.25, 0.3) is 0 Å². The fraction of sp³-hybridized carbons (Fsp3) is 0.933. The van der Waals surface area contributed by atoms with E-state index in [2.05, 4.69) is 0 Å². The molecule has 1 N–H and O–H groups in total. The van der Waals surface area contributed by atoms with E-state index in [1.165, 1.54) is 19.3 Å². The van der Waals surface area contributed by atoms with E-state index in [9.17, 15) is 9.90 Å². The third-order valence-corrected chi connectivity index (χ3v) is 4.58. The summed E-state index contributed by atoms with van der Waals surface area (Å²) in [5, 5.41) is 10.3. The lowest BCUT2D eigenvalue weighted by Crippen LogP contribution is -2.42. The van der Waals surface area contributed by atoms with Crippen LogP contribution in [0.3, 0.4) is 0 Å². The van der Waals surface area contributed by atoms with Gasteiger partial charge in [-0.05, 0) is 32.7 Å². The van der Waals surface area contributed by atoms with Crippen molar-refractivity contribution in [3.63, 3.8) is 0 Å². The zero-order chi connectivity index (χ0) is 13.0. The molecule has 0 aromatic heterocycles. The number of rotatable bonds is 5. The summed E-state index contributed by atoms with van der Waals surface area (Å²) in [6.45, 7) is 1.18. The van der Waals surface area contributed by atoms with Crippen molar-refractivity contribution in [3.05, 3.63) is 0 Å². The molecule has 0 bridgehead atoms. The van der Waals surface area contributed by atoms with Gasteiger partial charge in [0.2, 0.25) is 0 Å². The first-order valence-electron chi connectivity index (χ1n) is 7.53. The van der Waals surface area contributed by atoms with E-state index in [-0.39, 0.29) is 0 Å². The molecule has 0 atom stereocenters. The van der Waals surface area contributed by atoms with Crippen LogP contribution in [-0.2, 0) is 4.79 Å². The Morgan fingerprint density at radius 1 is 1.17 bits per heavy atom. The molecule has 2 rings (SSSR count). The Morgan fingerprint density at radius 2 is 1.78 bits per heavy atom. The van der Waals surface area contributed by atoms with Gasteiger partial charge in [0.15, 0.2) is 0 Å². The van der Waals surface area contributed by atoms with Gasteiger partial charge in [0, 0.05) is 12.5 Å². The Morgan fingerprint density at radius 3 is 2.39 bits per heavy atom. The van der Waals surface area contributed by atoms with Crippen molar-refractivity contribution in [1.82, 2.24) is 4.90 Å². The monoisotopic (exact) mass is 253 g/mol. The fourth-order valence-corrected chi connectivity index (χ4v) is 3.57. The highest BCUT2D eigenvalue weighted by molar-refractivity contribution is 5.83. The molecule has 0 aromatic carbocycles. The minimum Gasteiger partial charge on any atom is -0.389 e. The van der Waals surface area contributed by atoms with Crippen LogP contribution in [0, 0.1) is 5.92 Å². The van der Waals surface area contributed by atoms with Gasteiger partial charge in [0.1, 0.15) is 5.78 Å². The minimum atomic E-state index is -0.526. The first-order valence-corrected chi connectivity index (χ1v) is 7.53. The Labute approximate surface area is 111 Å². The number of hydrogen-bond acceptors (Lipinski definition) is 3. The summed E-state index contributed by atoms with van der Waals surface area (Å²) in [4.78, 5) is 14.2. The predicted octanol–water partition coefficient (Wildman–Crippen LogP) is 2.37. The number of Topliss-reactive ketones (excluding diaryl/α,β-unsaturated/α-hetero) is 1. The van der Waals surface area contributed by atoms with Gasteiger partial charge in [-0.25, -0.2) is 0 Å². The molecule has 104 valence electrons. The van der Waals surface area contributed by atoms with E-state index in [4.69, 9.17) is 0 Å². The van der Waals surface area contributed by atoms with Crippen LogP contribution in [0.2, 0.25) is 0 Å². The molecule has 0 unspecified atom stereocenters. The highest BCUT2D eigenvalue weighted by atomic mass is 16.3. The van der Waals surface area contributed by atoms with Gasteiger partial charge >= 0.3 is 0 Å². The van der Waals surface area contributed by atoms with E-state index >= 15 is 0 Å². The molecule has 2 aliphatic carbocycles. The minimum absolute atomic E-state index is 0.291. The molecule has 2 saturated carbocycles. The topological polar surface area (TPSA) is 40.5 Å². The maximum Gasteiger partial charge on any atom is 0.149 e. The summed E-state index contributed by atoms with van der Waals surface area (Å²) in [6.07, 6.45) is 9.92. The third kappa shape index (κ3) is 3.79. The average Bonchev–Trinajstić information content (AvgIpc) is 2.76. The second kappa shape index (κ2) is 6.16. The molecule has 0 spiro atoms. The second-order valence-electron chi connectivity index (χ2n) is 6.40. The van der Waals surface area contributed by atoms with Crippen molar-refractivity contribution in [3.8, 4) is 0 Å². The average molecular weight is 253 g/mol. The van der Waals surface area contributed by atoms with Crippen molar-refractivity contribution in [2.75, 3.05) is 20.1 Å². The molecule has 2 aliphatic rings. The van der Waals surface area contributed by atoms with Crippen LogP contribution in [0.4, 0.5) is 0 Å². The van der Waals surface area contributed by atoms with Crippen molar-refractivity contribution in [2.45, 2.75) is 63.4 Å². The van der Waals surface area contributed by atoms with E-state index < -0.39 is 5.60 Å². The second-order valence-corrected chi connectivity index (χ2v) is 6.40. The van der Waals surface area contributed by atoms with Crippen LogP contribution in [0.5, 0.6) is 0 Å². The quantitative estimate of drug-likeness (QED) is 0.818. The first-order chi connectivity index (χ1) is 8.59. The van der Waals surface area contributed by atoms with Gasteiger partial charge in [-0.15, -0.1) is 0 Å². The van der Waals surface area contributed by atoms with E-state index in [0.717, 1.165) is 38.5 Å². The van der Waals surface area contributed by atoms with Crippen molar-refractivity contribution < 1.29 is 9.90 Å². The van der Waals surface area contributed by atoms with Crippen LogP contribution in [-0.4, -0.2) is 41.5 Å². The summed E-state index contributed by atoms with van der Waals surface area (Å²) in [6, 6.07) is 0. The molecule has 3 heteroatoms. The Balaban J connectivity index is 1.75. The van der Waals surface area contributed by atoms with Crippen LogP contribution < -0.4 is 0 Å². The number of hydrogen-bond donors (Lipinski definition) is 1. The third-order valence-electron chi connectivity index (χ3n) is 4.58. The molecule has 18 heavy (non-hydrogen) atoms. The van der Waals surface area contributed by atoms with Crippen LogP contribution in [0.15, 0.2) is 0 Å².